The summed E-state index contributed by atoms with van der Waals surface area (Å²) in [5, 5.41) is 27.0. The molecule has 0 aliphatic carbocycles. The number of amides is 1. The molecule has 0 bridgehead atoms. The van der Waals surface area contributed by atoms with Crippen LogP contribution in [-0.4, -0.2) is 45.7 Å². The number of hydrogen-bond donors (Lipinski definition) is 4. The van der Waals surface area contributed by atoms with Crippen molar-refractivity contribution in [3.8, 4) is 0 Å². The van der Waals surface area contributed by atoms with Crippen LogP contribution in [0.4, 0.5) is 0 Å². The second-order valence-corrected chi connectivity index (χ2v) is 13.1. The van der Waals surface area contributed by atoms with Crippen LogP contribution in [0.25, 0.3) is 0 Å². The Balaban J connectivity index is 0. The van der Waals surface area contributed by atoms with Gasteiger partial charge in [0.15, 0.2) is 5.38 Å². The number of halogens is 1. The summed E-state index contributed by atoms with van der Waals surface area (Å²) < 4.78 is 0. The summed E-state index contributed by atoms with van der Waals surface area (Å²) in [7, 11) is 0. The maximum absolute atomic E-state index is 11.2. The topological polar surface area (TPSA) is 141 Å². The molecule has 8 nitrogen and oxygen atoms in total. The number of carbonyl (C=O) groups excluding carboxylic acids is 1. The second kappa shape index (κ2) is 36.2. The molecule has 0 saturated carbocycles. The zero-order valence-corrected chi connectivity index (χ0v) is 31.3. The molecule has 0 aliphatic heterocycles. The van der Waals surface area contributed by atoms with E-state index in [2.05, 4.69) is 38.2 Å². The van der Waals surface area contributed by atoms with E-state index in [1.165, 1.54) is 89.9 Å². The molecule has 0 spiro atoms. The van der Waals surface area contributed by atoms with Gasteiger partial charge < -0.3 is 20.6 Å². The van der Waals surface area contributed by atoms with Crippen molar-refractivity contribution >= 4 is 35.4 Å². The van der Waals surface area contributed by atoms with Gasteiger partial charge in [-0.15, -0.1) is 11.6 Å². The first-order valence-corrected chi connectivity index (χ1v) is 18.9. The van der Waals surface area contributed by atoms with Crippen molar-refractivity contribution in [2.45, 2.75) is 155 Å². The highest BCUT2D eigenvalue weighted by atomic mass is 35.5. The average molecular weight is 708 g/mol. The second-order valence-electron chi connectivity index (χ2n) is 12.7. The average Bonchev–Trinajstić information content (AvgIpc) is 3.07. The van der Waals surface area contributed by atoms with Crippen LogP contribution in [0.2, 0.25) is 0 Å². The predicted molar refractivity (Wildman–Crippen MR) is 202 cm³/mol. The molecule has 280 valence electrons. The van der Waals surface area contributed by atoms with E-state index in [0.717, 1.165) is 44.3 Å². The molecular formula is C40H66ClNO7. The maximum Gasteiger partial charge on any atom is 0.328 e. The SMILES string of the molecule is CC(C)/C=C/CCCCC(=O)O.CCCCCCCCCCCCCCCCCCNC(=O)/C=C\C(=O)O.O=C(O)C(Cl)c1ccccc1. The number of hydrogen-bond acceptors (Lipinski definition) is 4. The van der Waals surface area contributed by atoms with Crippen molar-refractivity contribution in [3.63, 3.8) is 0 Å². The van der Waals surface area contributed by atoms with Gasteiger partial charge in [0, 0.05) is 25.1 Å². The molecule has 0 saturated heterocycles. The third kappa shape index (κ3) is 39.2. The number of unbranched alkanes of at least 4 members (excludes halogenated alkanes) is 17. The van der Waals surface area contributed by atoms with E-state index in [0.29, 0.717) is 24.4 Å². The molecule has 1 rings (SSSR count). The first-order chi connectivity index (χ1) is 23.5. The molecule has 9 heteroatoms. The van der Waals surface area contributed by atoms with Gasteiger partial charge in [0.25, 0.3) is 0 Å². The zero-order chi connectivity index (χ0) is 37.0. The van der Waals surface area contributed by atoms with Gasteiger partial charge in [-0.25, -0.2) is 4.79 Å². The molecule has 1 atom stereocenters. The van der Waals surface area contributed by atoms with E-state index in [9.17, 15) is 19.2 Å². The van der Waals surface area contributed by atoms with E-state index >= 15 is 0 Å². The molecule has 1 unspecified atom stereocenters. The minimum atomic E-state index is -1.09. The van der Waals surface area contributed by atoms with Crippen LogP contribution in [0.15, 0.2) is 54.6 Å². The highest BCUT2D eigenvalue weighted by Gasteiger charge is 2.14. The molecule has 1 aromatic carbocycles. The van der Waals surface area contributed by atoms with Gasteiger partial charge in [-0.05, 0) is 37.2 Å². The summed E-state index contributed by atoms with van der Waals surface area (Å²) in [6.45, 7) is 7.16. The third-order valence-corrected chi connectivity index (χ3v) is 7.99. The Bertz CT molecular complexity index is 1010. The van der Waals surface area contributed by atoms with E-state index in [4.69, 9.17) is 26.9 Å². The van der Waals surface area contributed by atoms with Crippen molar-refractivity contribution in [3.05, 3.63) is 60.2 Å². The highest BCUT2D eigenvalue weighted by molar-refractivity contribution is 6.29. The van der Waals surface area contributed by atoms with Crippen LogP contribution in [0.3, 0.4) is 0 Å². The Kier molecular flexibility index (Phi) is 35.4. The quantitative estimate of drug-likeness (QED) is 0.0308. The first kappa shape index (κ1) is 48.0. The van der Waals surface area contributed by atoms with Gasteiger partial charge in [-0.3, -0.25) is 14.4 Å². The van der Waals surface area contributed by atoms with E-state index < -0.39 is 23.3 Å². The fourth-order valence-corrected chi connectivity index (χ4v) is 4.91. The van der Waals surface area contributed by atoms with E-state index in [1.807, 2.05) is 6.07 Å². The van der Waals surface area contributed by atoms with Gasteiger partial charge in [-0.1, -0.05) is 160 Å². The summed E-state index contributed by atoms with van der Waals surface area (Å²) in [6.07, 6.45) is 30.6. The number of aliphatic carboxylic acids is 3. The van der Waals surface area contributed by atoms with Crippen molar-refractivity contribution in [1.82, 2.24) is 5.32 Å². The fourth-order valence-electron chi connectivity index (χ4n) is 4.76. The third-order valence-electron chi connectivity index (χ3n) is 7.55. The molecule has 1 aromatic rings. The summed E-state index contributed by atoms with van der Waals surface area (Å²) in [4.78, 5) is 42.0. The lowest BCUT2D eigenvalue weighted by Gasteiger charge is -2.04. The van der Waals surface area contributed by atoms with Crippen LogP contribution in [0.1, 0.15) is 160 Å². The molecule has 0 heterocycles. The number of carboxylic acid groups (broad SMARTS) is 3. The number of allylic oxidation sites excluding steroid dienone is 2. The molecule has 0 fully saturated rings. The fraction of sp³-hybridized carbons (Fsp3) is 0.650. The van der Waals surface area contributed by atoms with Crippen LogP contribution in [0.5, 0.6) is 0 Å². The largest absolute Gasteiger partial charge is 0.481 e. The minimum Gasteiger partial charge on any atom is -0.481 e. The number of carboxylic acids is 3. The Morgan fingerprint density at radius 1 is 0.694 bits per heavy atom. The molecular weight excluding hydrogens is 642 g/mol. The molecule has 49 heavy (non-hydrogen) atoms. The lowest BCUT2D eigenvalue weighted by Crippen LogP contribution is -2.22. The van der Waals surface area contributed by atoms with Crippen molar-refractivity contribution in [1.29, 1.82) is 0 Å². The zero-order valence-electron chi connectivity index (χ0n) is 30.6. The molecule has 0 aliphatic rings. The Morgan fingerprint density at radius 2 is 1.18 bits per heavy atom. The van der Waals surface area contributed by atoms with Crippen LogP contribution in [-0.2, 0) is 19.2 Å². The number of benzene rings is 1. The number of alkyl halides is 1. The lowest BCUT2D eigenvalue weighted by molar-refractivity contribution is -0.138. The minimum absolute atomic E-state index is 0.301. The summed E-state index contributed by atoms with van der Waals surface area (Å²) in [6, 6.07) is 8.70. The number of rotatable bonds is 27. The van der Waals surface area contributed by atoms with Crippen molar-refractivity contribution < 1.29 is 34.5 Å². The molecule has 0 radical (unpaired) electrons. The van der Waals surface area contributed by atoms with Crippen LogP contribution < -0.4 is 5.32 Å². The van der Waals surface area contributed by atoms with Gasteiger partial charge in [-0.2, -0.15) is 0 Å². The smallest absolute Gasteiger partial charge is 0.328 e. The van der Waals surface area contributed by atoms with Crippen molar-refractivity contribution in [2.75, 3.05) is 6.54 Å². The normalized spacial score (nSPS) is 11.4. The molecule has 4 N–H and O–H groups in total. The van der Waals surface area contributed by atoms with Crippen LogP contribution >= 0.6 is 11.6 Å². The number of nitrogens with one attached hydrogen (secondary N) is 1. The van der Waals surface area contributed by atoms with Gasteiger partial charge in [0.1, 0.15) is 0 Å². The van der Waals surface area contributed by atoms with Gasteiger partial charge in [0.05, 0.1) is 0 Å². The Labute approximate surface area is 301 Å². The standard InChI is InChI=1S/C22H41NO3.C10H18O2.C8H7ClO2/c1-2-3-4-5-6-7-8-9-10-11-12-13-14-15-16-17-20-23-21(24)18-19-22(25)26;1-9(2)7-5-3-4-6-8-10(11)12;9-7(8(10)11)6-4-2-1-3-5-6/h18-19H,2-17,20H2,1H3,(H,23,24)(H,25,26);5,7,9H,3-4,6,8H2,1-2H3,(H,11,12);1-5,7H,(H,10,11)/b19-18-;7-5+;. The highest BCUT2D eigenvalue weighted by Crippen LogP contribution is 2.19. The first-order valence-electron chi connectivity index (χ1n) is 18.5. The Morgan fingerprint density at radius 3 is 1.61 bits per heavy atom. The summed E-state index contributed by atoms with van der Waals surface area (Å²) >= 11 is 5.54. The van der Waals surface area contributed by atoms with E-state index in [1.54, 1.807) is 24.3 Å². The number of carbonyl (C=O) groups is 4. The predicted octanol–water partition coefficient (Wildman–Crippen LogP) is 10.9. The van der Waals surface area contributed by atoms with Crippen LogP contribution in [0, 0.1) is 5.92 Å². The molecule has 0 aromatic heterocycles. The van der Waals surface area contributed by atoms with Crippen molar-refractivity contribution in [2.24, 2.45) is 5.92 Å². The molecule has 1 amide bonds. The van der Waals surface area contributed by atoms with Gasteiger partial charge >= 0.3 is 17.9 Å². The monoisotopic (exact) mass is 707 g/mol. The maximum atomic E-state index is 11.2. The van der Waals surface area contributed by atoms with E-state index in [-0.39, 0.29) is 5.91 Å². The summed E-state index contributed by atoms with van der Waals surface area (Å²) in [5.41, 5.74) is 0.613. The lowest BCUT2D eigenvalue weighted by atomic mass is 10.0. The van der Waals surface area contributed by atoms with Gasteiger partial charge in [0.2, 0.25) is 5.91 Å². The summed E-state index contributed by atoms with van der Waals surface area (Å²) in [5.74, 6) is -2.53. The Hall–Kier alpha value is -3.13.